The van der Waals surface area contributed by atoms with Crippen LogP contribution in [0.4, 0.5) is 0 Å². The molecule has 0 saturated heterocycles. The number of para-hydroxylation sites is 2. The number of aryl methyl sites for hydroxylation is 1. The second-order valence-electron chi connectivity index (χ2n) is 11.6. The molecule has 0 bridgehead atoms. The first-order valence-electron chi connectivity index (χ1n) is 14.4. The molecule has 0 radical (unpaired) electrons. The van der Waals surface area contributed by atoms with Gasteiger partial charge < -0.3 is 5.32 Å². The van der Waals surface area contributed by atoms with Crippen LogP contribution in [-0.4, -0.2) is 40.8 Å². The zero-order valence-corrected chi connectivity index (χ0v) is 23.7. The predicted molar refractivity (Wildman–Crippen MR) is 159 cm³/mol. The maximum atomic E-state index is 13.9. The van der Waals surface area contributed by atoms with Gasteiger partial charge in [-0.3, -0.25) is 18.9 Å². The average molecular weight is 570 g/mol. The molecule has 5 aromatic rings. The quantitative estimate of drug-likeness (QED) is 0.287. The SMILES string of the molecule is Cc1ncc(Cl)cc1C(=O)NC1CCC(Cn2c(=O)n(-c3cnc4c(cnn4CC4CC4)c3)c3ccccc32)CC1. The lowest BCUT2D eigenvalue weighted by Gasteiger charge is -2.29. The Balaban J connectivity index is 1.09. The van der Waals surface area contributed by atoms with Crippen LogP contribution in [0, 0.1) is 18.8 Å². The zero-order valence-electron chi connectivity index (χ0n) is 23.0. The van der Waals surface area contributed by atoms with E-state index < -0.39 is 0 Å². The maximum Gasteiger partial charge on any atom is 0.333 e. The molecule has 0 atom stereocenters. The number of halogens is 1. The van der Waals surface area contributed by atoms with E-state index >= 15 is 0 Å². The van der Waals surface area contributed by atoms with Crippen LogP contribution >= 0.6 is 11.6 Å². The molecule has 1 N–H and O–H groups in total. The number of benzene rings is 1. The standard InChI is InChI=1S/C31H32ClN7O2/c1-19-26(13-23(32)15-33-19)30(40)36-24-10-8-20(9-11-24)17-37-27-4-2-3-5-28(27)39(31(37)41)25-12-22-14-35-38(18-21-6-7-21)29(22)34-16-25/h2-5,12-16,20-21,24H,6-11,17-18H2,1H3,(H,36,40). The first-order valence-corrected chi connectivity index (χ1v) is 14.8. The molecule has 7 rings (SSSR count). The van der Waals surface area contributed by atoms with Gasteiger partial charge in [-0.05, 0) is 81.5 Å². The van der Waals surface area contributed by atoms with Gasteiger partial charge in [0.25, 0.3) is 5.91 Å². The fourth-order valence-electron chi connectivity index (χ4n) is 6.14. The highest BCUT2D eigenvalue weighted by atomic mass is 35.5. The van der Waals surface area contributed by atoms with E-state index in [1.54, 1.807) is 23.0 Å². The molecule has 1 amide bonds. The van der Waals surface area contributed by atoms with Crippen molar-refractivity contribution in [1.29, 1.82) is 0 Å². The normalized spacial score (nSPS) is 19.2. The summed E-state index contributed by atoms with van der Waals surface area (Å²) in [5.74, 6) is 0.913. The Morgan fingerprint density at radius 1 is 0.951 bits per heavy atom. The minimum absolute atomic E-state index is 0.0583. The third-order valence-corrected chi connectivity index (χ3v) is 8.81. The van der Waals surface area contributed by atoms with Crippen LogP contribution in [0.5, 0.6) is 0 Å². The largest absolute Gasteiger partial charge is 0.349 e. The molecule has 9 nitrogen and oxygen atoms in total. The third kappa shape index (κ3) is 5.03. The van der Waals surface area contributed by atoms with Gasteiger partial charge in [0.15, 0.2) is 5.65 Å². The second kappa shape index (κ2) is 10.4. The van der Waals surface area contributed by atoms with E-state index in [0.29, 0.717) is 34.7 Å². The summed E-state index contributed by atoms with van der Waals surface area (Å²) in [4.78, 5) is 35.7. The number of carbonyl (C=O) groups excluding carboxylic acids is 1. The summed E-state index contributed by atoms with van der Waals surface area (Å²) >= 11 is 6.06. The Kier molecular flexibility index (Phi) is 6.61. The Hall–Kier alpha value is -3.98. The van der Waals surface area contributed by atoms with E-state index in [1.165, 1.54) is 12.8 Å². The summed E-state index contributed by atoms with van der Waals surface area (Å²) in [6, 6.07) is 11.7. The highest BCUT2D eigenvalue weighted by Crippen LogP contribution is 2.32. The fraction of sp³-hybridized carbons (Fsp3) is 0.387. The van der Waals surface area contributed by atoms with Crippen LogP contribution in [0.3, 0.4) is 0 Å². The van der Waals surface area contributed by atoms with Gasteiger partial charge in [-0.15, -0.1) is 0 Å². The van der Waals surface area contributed by atoms with Crippen LogP contribution in [0.25, 0.3) is 27.8 Å². The van der Waals surface area contributed by atoms with Gasteiger partial charge in [-0.2, -0.15) is 5.10 Å². The predicted octanol–water partition coefficient (Wildman–Crippen LogP) is 5.29. The highest BCUT2D eigenvalue weighted by molar-refractivity contribution is 6.30. The molecule has 0 aliphatic heterocycles. The van der Waals surface area contributed by atoms with Crippen molar-refractivity contribution in [3.8, 4) is 5.69 Å². The van der Waals surface area contributed by atoms with E-state index in [2.05, 4.69) is 15.4 Å². The molecule has 4 aromatic heterocycles. The second-order valence-corrected chi connectivity index (χ2v) is 12.0. The molecule has 4 heterocycles. The fourth-order valence-corrected chi connectivity index (χ4v) is 6.30. The van der Waals surface area contributed by atoms with Crippen LogP contribution in [0.15, 0.2) is 59.8 Å². The van der Waals surface area contributed by atoms with Gasteiger partial charge in [0.05, 0.1) is 45.4 Å². The Bertz CT molecular complexity index is 1830. The van der Waals surface area contributed by atoms with Crippen LogP contribution in [0.2, 0.25) is 5.02 Å². The molecular formula is C31H32ClN7O2. The Morgan fingerprint density at radius 2 is 1.68 bits per heavy atom. The van der Waals surface area contributed by atoms with Crippen molar-refractivity contribution in [3.05, 3.63) is 81.8 Å². The molecular weight excluding hydrogens is 538 g/mol. The molecule has 41 heavy (non-hydrogen) atoms. The lowest BCUT2D eigenvalue weighted by atomic mass is 9.85. The monoisotopic (exact) mass is 569 g/mol. The summed E-state index contributed by atoms with van der Waals surface area (Å²) < 4.78 is 5.66. The smallest absolute Gasteiger partial charge is 0.333 e. The summed E-state index contributed by atoms with van der Waals surface area (Å²) in [5, 5.41) is 9.11. The molecule has 1 aromatic carbocycles. The van der Waals surface area contributed by atoms with Crippen molar-refractivity contribution in [2.75, 3.05) is 0 Å². The minimum Gasteiger partial charge on any atom is -0.349 e. The Labute approximate surface area is 242 Å². The molecule has 2 aliphatic rings. The maximum absolute atomic E-state index is 13.9. The molecule has 10 heteroatoms. The number of nitrogens with zero attached hydrogens (tertiary/aromatic N) is 6. The van der Waals surface area contributed by atoms with Crippen molar-refractivity contribution >= 4 is 39.6 Å². The number of hydrogen-bond acceptors (Lipinski definition) is 5. The van der Waals surface area contributed by atoms with Crippen molar-refractivity contribution in [2.45, 2.75) is 64.6 Å². The number of nitrogens with one attached hydrogen (secondary N) is 1. The number of aromatic nitrogens is 6. The van der Waals surface area contributed by atoms with Crippen molar-refractivity contribution in [1.82, 2.24) is 34.2 Å². The minimum atomic E-state index is -0.135. The highest BCUT2D eigenvalue weighted by Gasteiger charge is 2.26. The Morgan fingerprint density at radius 3 is 2.46 bits per heavy atom. The number of hydrogen-bond donors (Lipinski definition) is 1. The summed E-state index contributed by atoms with van der Waals surface area (Å²) in [7, 11) is 0. The van der Waals surface area contributed by atoms with E-state index in [0.717, 1.165) is 60.0 Å². The lowest BCUT2D eigenvalue weighted by molar-refractivity contribution is 0.0919. The third-order valence-electron chi connectivity index (χ3n) is 8.60. The van der Waals surface area contributed by atoms with E-state index in [9.17, 15) is 9.59 Å². The van der Waals surface area contributed by atoms with Gasteiger partial charge in [-0.25, -0.2) is 14.5 Å². The number of fused-ring (bicyclic) bond motifs is 2. The number of carbonyl (C=O) groups is 1. The molecule has 2 aliphatic carbocycles. The summed E-state index contributed by atoms with van der Waals surface area (Å²) in [6.07, 6.45) is 11.3. The number of amides is 1. The van der Waals surface area contributed by atoms with Gasteiger partial charge >= 0.3 is 5.69 Å². The van der Waals surface area contributed by atoms with Crippen molar-refractivity contribution < 1.29 is 4.79 Å². The van der Waals surface area contributed by atoms with E-state index in [4.69, 9.17) is 16.6 Å². The zero-order chi connectivity index (χ0) is 28.1. The first kappa shape index (κ1) is 26.0. The number of imidazole rings is 1. The van der Waals surface area contributed by atoms with Gasteiger partial charge in [0.2, 0.25) is 0 Å². The molecule has 0 unspecified atom stereocenters. The van der Waals surface area contributed by atoms with Crippen molar-refractivity contribution in [2.24, 2.45) is 11.8 Å². The number of pyridine rings is 2. The summed E-state index contributed by atoms with van der Waals surface area (Å²) in [6.45, 7) is 3.35. The van der Waals surface area contributed by atoms with Crippen LogP contribution < -0.4 is 11.0 Å². The first-order chi connectivity index (χ1) is 19.9. The van der Waals surface area contributed by atoms with Gasteiger partial charge in [0.1, 0.15) is 0 Å². The molecule has 2 fully saturated rings. The van der Waals surface area contributed by atoms with E-state index in [-0.39, 0.29) is 17.6 Å². The molecule has 0 spiro atoms. The molecule has 210 valence electrons. The molecule has 2 saturated carbocycles. The van der Waals surface area contributed by atoms with Crippen LogP contribution in [0.1, 0.15) is 54.6 Å². The topological polar surface area (TPSA) is 99.6 Å². The lowest BCUT2D eigenvalue weighted by Crippen LogP contribution is -2.39. The van der Waals surface area contributed by atoms with E-state index in [1.807, 2.05) is 52.7 Å². The van der Waals surface area contributed by atoms with Gasteiger partial charge in [-0.1, -0.05) is 23.7 Å². The summed E-state index contributed by atoms with van der Waals surface area (Å²) in [5.41, 5.74) is 4.53. The average Bonchev–Trinajstić information content (AvgIpc) is 3.65. The van der Waals surface area contributed by atoms with Gasteiger partial charge in [0, 0.05) is 30.7 Å². The number of rotatable bonds is 7. The van der Waals surface area contributed by atoms with Crippen molar-refractivity contribution in [3.63, 3.8) is 0 Å². The van der Waals surface area contributed by atoms with Crippen LogP contribution in [-0.2, 0) is 13.1 Å².